The first kappa shape index (κ1) is 16.8. The topological polar surface area (TPSA) is 45.1 Å². The normalized spacial score (nSPS) is 22.5. The number of hydrogen-bond acceptors (Lipinski definition) is 5. The van der Waals surface area contributed by atoms with Crippen molar-refractivity contribution in [2.45, 2.75) is 32.6 Å². The molecular formula is C16H26FN3O2. The Kier molecular flexibility index (Phi) is 6.21. The number of carbonyl (C=O) groups excluding carboxylic acids is 1. The van der Waals surface area contributed by atoms with Crippen LogP contribution in [0.15, 0.2) is 17.0 Å². The lowest BCUT2D eigenvalue weighted by atomic mass is 10.1. The Balaban J connectivity index is 1.87. The van der Waals surface area contributed by atoms with Crippen LogP contribution >= 0.6 is 0 Å². The SMILES string of the molecule is CCOC(=O)/C(F)=C/N(C)CC1CN=C2CCCCCN2C1. The molecule has 1 saturated heterocycles. The van der Waals surface area contributed by atoms with E-state index in [-0.39, 0.29) is 6.61 Å². The molecule has 22 heavy (non-hydrogen) atoms. The Labute approximate surface area is 131 Å². The van der Waals surface area contributed by atoms with E-state index in [2.05, 4.69) is 9.64 Å². The number of ether oxygens (including phenoxy) is 1. The van der Waals surface area contributed by atoms with Crippen molar-refractivity contribution in [2.24, 2.45) is 10.9 Å². The highest BCUT2D eigenvalue weighted by Gasteiger charge is 2.24. The van der Waals surface area contributed by atoms with Crippen LogP contribution in [-0.2, 0) is 9.53 Å². The number of esters is 1. The molecule has 1 fully saturated rings. The summed E-state index contributed by atoms with van der Waals surface area (Å²) in [4.78, 5) is 20.1. The molecule has 6 heteroatoms. The lowest BCUT2D eigenvalue weighted by molar-refractivity contribution is -0.140. The Morgan fingerprint density at radius 3 is 3.09 bits per heavy atom. The van der Waals surface area contributed by atoms with Crippen molar-refractivity contribution in [3.63, 3.8) is 0 Å². The molecule has 124 valence electrons. The van der Waals surface area contributed by atoms with Crippen LogP contribution in [0, 0.1) is 5.92 Å². The van der Waals surface area contributed by atoms with Crippen LogP contribution in [0.2, 0.25) is 0 Å². The fourth-order valence-electron chi connectivity index (χ4n) is 3.05. The summed E-state index contributed by atoms with van der Waals surface area (Å²) in [5.74, 6) is -0.146. The zero-order chi connectivity index (χ0) is 15.9. The molecule has 2 rings (SSSR count). The van der Waals surface area contributed by atoms with E-state index < -0.39 is 11.8 Å². The van der Waals surface area contributed by atoms with Crippen molar-refractivity contribution in [1.82, 2.24) is 9.80 Å². The van der Waals surface area contributed by atoms with Gasteiger partial charge < -0.3 is 14.5 Å². The number of hydrogen-bond donors (Lipinski definition) is 0. The first-order valence-electron chi connectivity index (χ1n) is 8.13. The minimum atomic E-state index is -0.897. The lowest BCUT2D eigenvalue weighted by Gasteiger charge is -2.34. The van der Waals surface area contributed by atoms with Crippen LogP contribution in [0.4, 0.5) is 4.39 Å². The lowest BCUT2D eigenvalue weighted by Crippen LogP contribution is -2.43. The van der Waals surface area contributed by atoms with E-state index in [4.69, 9.17) is 4.99 Å². The molecule has 0 aliphatic carbocycles. The summed E-state index contributed by atoms with van der Waals surface area (Å²) in [7, 11) is 1.78. The molecule has 0 N–H and O–H groups in total. The Bertz CT molecular complexity index is 451. The number of aliphatic imine (C=N–C) groups is 1. The van der Waals surface area contributed by atoms with Crippen LogP contribution in [0.25, 0.3) is 0 Å². The number of halogens is 1. The molecule has 0 aromatic rings. The van der Waals surface area contributed by atoms with E-state index in [1.807, 2.05) is 0 Å². The van der Waals surface area contributed by atoms with Crippen LogP contribution in [-0.4, -0.2) is 61.4 Å². The molecule has 1 atom stereocenters. The second-order valence-electron chi connectivity index (χ2n) is 6.02. The highest BCUT2D eigenvalue weighted by atomic mass is 19.1. The van der Waals surface area contributed by atoms with E-state index in [0.29, 0.717) is 12.5 Å². The number of carbonyl (C=O) groups is 1. The molecule has 0 amide bonds. The monoisotopic (exact) mass is 311 g/mol. The first-order chi connectivity index (χ1) is 10.6. The van der Waals surface area contributed by atoms with Gasteiger partial charge in [-0.15, -0.1) is 0 Å². The van der Waals surface area contributed by atoms with E-state index in [0.717, 1.165) is 26.1 Å². The predicted octanol–water partition coefficient (Wildman–Crippen LogP) is 2.20. The van der Waals surface area contributed by atoms with Crippen molar-refractivity contribution in [3.8, 4) is 0 Å². The molecule has 2 aliphatic rings. The Hall–Kier alpha value is -1.59. The molecule has 0 radical (unpaired) electrons. The summed E-state index contributed by atoms with van der Waals surface area (Å²) in [6.07, 6.45) is 6.03. The zero-order valence-corrected chi connectivity index (χ0v) is 13.6. The third-order valence-electron chi connectivity index (χ3n) is 4.05. The van der Waals surface area contributed by atoms with E-state index in [1.54, 1.807) is 18.9 Å². The third kappa shape index (κ3) is 4.71. The maximum Gasteiger partial charge on any atom is 0.368 e. The summed E-state index contributed by atoms with van der Waals surface area (Å²) < 4.78 is 18.3. The first-order valence-corrected chi connectivity index (χ1v) is 8.13. The van der Waals surface area contributed by atoms with E-state index in [9.17, 15) is 9.18 Å². The summed E-state index contributed by atoms with van der Waals surface area (Å²) in [6, 6.07) is 0. The minimum absolute atomic E-state index is 0.179. The molecule has 0 aromatic heterocycles. The van der Waals surface area contributed by atoms with Gasteiger partial charge in [0, 0.05) is 51.8 Å². The van der Waals surface area contributed by atoms with Gasteiger partial charge in [0.1, 0.15) is 0 Å². The van der Waals surface area contributed by atoms with Crippen LogP contribution in [0.3, 0.4) is 0 Å². The van der Waals surface area contributed by atoms with Crippen LogP contribution in [0.5, 0.6) is 0 Å². The minimum Gasteiger partial charge on any atom is -0.461 e. The average molecular weight is 311 g/mol. The quantitative estimate of drug-likeness (QED) is 0.577. The maximum atomic E-state index is 13.6. The van der Waals surface area contributed by atoms with Gasteiger partial charge in [-0.2, -0.15) is 4.39 Å². The largest absolute Gasteiger partial charge is 0.461 e. The van der Waals surface area contributed by atoms with E-state index >= 15 is 0 Å². The molecule has 2 aliphatic heterocycles. The standard InChI is InChI=1S/C16H26FN3O2/c1-3-22-16(21)14(17)12-19(2)10-13-9-18-15-7-5-4-6-8-20(15)11-13/h12-13H,3-11H2,1-2H3/b14-12-. The fourth-order valence-corrected chi connectivity index (χ4v) is 3.05. The molecular weight excluding hydrogens is 285 g/mol. The zero-order valence-electron chi connectivity index (χ0n) is 13.6. The second kappa shape index (κ2) is 8.15. The molecule has 5 nitrogen and oxygen atoms in total. The van der Waals surface area contributed by atoms with Crippen LogP contribution < -0.4 is 0 Å². The third-order valence-corrected chi connectivity index (χ3v) is 4.05. The maximum absolute atomic E-state index is 13.6. The van der Waals surface area contributed by atoms with E-state index in [1.165, 1.54) is 31.3 Å². The van der Waals surface area contributed by atoms with Gasteiger partial charge in [-0.25, -0.2) is 4.79 Å². The summed E-state index contributed by atoms with van der Waals surface area (Å²) in [5, 5.41) is 0. The number of rotatable bonds is 5. The molecule has 0 bridgehead atoms. The van der Waals surface area contributed by atoms with Gasteiger partial charge in [-0.3, -0.25) is 4.99 Å². The highest BCUT2D eigenvalue weighted by molar-refractivity contribution is 5.85. The van der Waals surface area contributed by atoms with Gasteiger partial charge in [-0.05, 0) is 19.8 Å². The average Bonchev–Trinajstić information content (AvgIpc) is 2.72. The van der Waals surface area contributed by atoms with Crippen molar-refractivity contribution >= 4 is 11.8 Å². The highest BCUT2D eigenvalue weighted by Crippen LogP contribution is 2.19. The molecule has 2 heterocycles. The van der Waals surface area contributed by atoms with Gasteiger partial charge in [0.2, 0.25) is 5.83 Å². The number of amidine groups is 1. The summed E-state index contributed by atoms with van der Waals surface area (Å²) in [5.41, 5.74) is 0. The van der Waals surface area contributed by atoms with Gasteiger partial charge in [0.05, 0.1) is 12.4 Å². The number of nitrogens with zero attached hydrogens (tertiary/aromatic N) is 3. The van der Waals surface area contributed by atoms with Gasteiger partial charge in [-0.1, -0.05) is 6.42 Å². The van der Waals surface area contributed by atoms with Crippen molar-refractivity contribution in [1.29, 1.82) is 0 Å². The predicted molar refractivity (Wildman–Crippen MR) is 84.3 cm³/mol. The molecule has 1 unspecified atom stereocenters. The van der Waals surface area contributed by atoms with Crippen molar-refractivity contribution in [3.05, 3.63) is 12.0 Å². The van der Waals surface area contributed by atoms with Crippen molar-refractivity contribution in [2.75, 3.05) is 39.8 Å². The molecule has 0 aromatic carbocycles. The smallest absolute Gasteiger partial charge is 0.368 e. The Morgan fingerprint density at radius 2 is 2.32 bits per heavy atom. The molecule has 0 saturated carbocycles. The number of fused-ring (bicyclic) bond motifs is 1. The van der Waals surface area contributed by atoms with Crippen LogP contribution in [0.1, 0.15) is 32.6 Å². The van der Waals surface area contributed by atoms with Crippen molar-refractivity contribution < 1.29 is 13.9 Å². The van der Waals surface area contributed by atoms with Gasteiger partial charge in [0.25, 0.3) is 0 Å². The van der Waals surface area contributed by atoms with Gasteiger partial charge >= 0.3 is 5.97 Å². The molecule has 0 spiro atoms. The summed E-state index contributed by atoms with van der Waals surface area (Å²) >= 11 is 0. The summed E-state index contributed by atoms with van der Waals surface area (Å²) in [6.45, 7) is 5.35. The second-order valence-corrected chi connectivity index (χ2v) is 6.02. The fraction of sp³-hybridized carbons (Fsp3) is 0.750. The van der Waals surface area contributed by atoms with Gasteiger partial charge in [0.15, 0.2) is 0 Å². The Morgan fingerprint density at radius 1 is 1.50 bits per heavy atom.